The number of hydrogen-bond donors (Lipinski definition) is 1. The fourth-order valence-corrected chi connectivity index (χ4v) is 2.89. The number of rotatable bonds is 3. The highest BCUT2D eigenvalue weighted by molar-refractivity contribution is 8.00. The van der Waals surface area contributed by atoms with E-state index < -0.39 is 0 Å². The van der Waals surface area contributed by atoms with Crippen molar-refractivity contribution < 1.29 is 4.52 Å². The Morgan fingerprint density at radius 2 is 2.50 bits per heavy atom. The van der Waals surface area contributed by atoms with Crippen LogP contribution in [0.15, 0.2) is 4.52 Å². The third-order valence-corrected chi connectivity index (χ3v) is 4.00. The van der Waals surface area contributed by atoms with Crippen molar-refractivity contribution in [3.63, 3.8) is 0 Å². The van der Waals surface area contributed by atoms with Gasteiger partial charge in [0.05, 0.1) is 11.3 Å². The minimum absolute atomic E-state index is 0.0789. The maximum absolute atomic E-state index is 5.15. The van der Waals surface area contributed by atoms with E-state index in [2.05, 4.69) is 22.4 Å². The van der Waals surface area contributed by atoms with Gasteiger partial charge in [0, 0.05) is 0 Å². The highest BCUT2D eigenvalue weighted by atomic mass is 32.2. The van der Waals surface area contributed by atoms with Crippen molar-refractivity contribution in [1.82, 2.24) is 15.5 Å². The van der Waals surface area contributed by atoms with Crippen LogP contribution in [0.1, 0.15) is 31.5 Å². The Morgan fingerprint density at radius 1 is 1.64 bits per heavy atom. The van der Waals surface area contributed by atoms with E-state index in [1.54, 1.807) is 0 Å². The smallest absolute Gasteiger partial charge is 0.240 e. The summed E-state index contributed by atoms with van der Waals surface area (Å²) in [5.74, 6) is 2.73. The Bertz CT molecular complexity index is 307. The molecule has 0 unspecified atom stereocenters. The number of aromatic nitrogens is 2. The van der Waals surface area contributed by atoms with Gasteiger partial charge in [-0.05, 0) is 32.6 Å². The fraction of sp³-hybridized carbons (Fsp3) is 0.778. The van der Waals surface area contributed by atoms with E-state index in [1.807, 2.05) is 18.8 Å². The van der Waals surface area contributed by atoms with E-state index in [4.69, 9.17) is 4.52 Å². The lowest BCUT2D eigenvalue weighted by Crippen LogP contribution is -2.15. The zero-order valence-electron chi connectivity index (χ0n) is 8.54. The summed E-state index contributed by atoms with van der Waals surface area (Å²) in [5, 5.41) is 7.04. The highest BCUT2D eigenvalue weighted by Crippen LogP contribution is 2.44. The van der Waals surface area contributed by atoms with Crippen LogP contribution >= 0.6 is 11.8 Å². The molecule has 1 aliphatic heterocycles. The van der Waals surface area contributed by atoms with Crippen molar-refractivity contribution in [1.29, 1.82) is 0 Å². The maximum Gasteiger partial charge on any atom is 0.240 e. The molecule has 78 valence electrons. The van der Waals surface area contributed by atoms with Gasteiger partial charge in [0.25, 0.3) is 0 Å². The molecule has 5 heteroatoms. The number of thioether (sulfide) groups is 1. The van der Waals surface area contributed by atoms with Gasteiger partial charge in [0.15, 0.2) is 5.82 Å². The summed E-state index contributed by atoms with van der Waals surface area (Å²) < 4.78 is 5.22. The van der Waals surface area contributed by atoms with Gasteiger partial charge in [-0.25, -0.2) is 0 Å². The Balaban J connectivity index is 2.15. The molecule has 1 N–H and O–H groups in total. The van der Waals surface area contributed by atoms with E-state index in [0.29, 0.717) is 12.4 Å². The van der Waals surface area contributed by atoms with E-state index in [-0.39, 0.29) is 4.75 Å². The van der Waals surface area contributed by atoms with Gasteiger partial charge in [-0.3, -0.25) is 0 Å². The van der Waals surface area contributed by atoms with E-state index >= 15 is 0 Å². The molecular formula is C9H15N3OS. The van der Waals surface area contributed by atoms with Gasteiger partial charge in [-0.2, -0.15) is 4.98 Å². The summed E-state index contributed by atoms with van der Waals surface area (Å²) in [6.45, 7) is 2.84. The molecular weight excluding hydrogens is 198 g/mol. The molecule has 1 aromatic rings. The second-order valence-electron chi connectivity index (χ2n) is 3.72. The second-order valence-corrected chi connectivity index (χ2v) is 5.32. The zero-order valence-corrected chi connectivity index (χ0v) is 9.36. The maximum atomic E-state index is 5.15. The molecule has 4 nitrogen and oxygen atoms in total. The van der Waals surface area contributed by atoms with Crippen molar-refractivity contribution in [3.05, 3.63) is 11.7 Å². The van der Waals surface area contributed by atoms with Gasteiger partial charge in [-0.15, -0.1) is 11.8 Å². The number of hydrogen-bond acceptors (Lipinski definition) is 5. The van der Waals surface area contributed by atoms with E-state index in [1.165, 1.54) is 12.2 Å². The molecule has 0 saturated carbocycles. The molecule has 0 radical (unpaired) electrons. The lowest BCUT2D eigenvalue weighted by molar-refractivity contribution is 0.362. The third-order valence-electron chi connectivity index (χ3n) is 2.49. The second kappa shape index (κ2) is 3.90. The summed E-state index contributed by atoms with van der Waals surface area (Å²) in [5.41, 5.74) is 0. The Hall–Kier alpha value is -0.550. The molecule has 0 aromatic carbocycles. The first-order chi connectivity index (χ1) is 6.74. The molecule has 1 fully saturated rings. The molecule has 1 saturated heterocycles. The van der Waals surface area contributed by atoms with Crippen molar-refractivity contribution >= 4 is 11.8 Å². The van der Waals surface area contributed by atoms with Crippen LogP contribution in [0.5, 0.6) is 0 Å². The van der Waals surface area contributed by atoms with E-state index in [0.717, 1.165) is 12.2 Å². The monoisotopic (exact) mass is 213 g/mol. The Morgan fingerprint density at radius 3 is 3.14 bits per heavy atom. The molecule has 0 aliphatic carbocycles. The first-order valence-corrected chi connectivity index (χ1v) is 5.85. The summed E-state index contributed by atoms with van der Waals surface area (Å²) in [7, 11) is 1.87. The highest BCUT2D eigenvalue weighted by Gasteiger charge is 2.35. The van der Waals surface area contributed by atoms with Crippen LogP contribution in [-0.2, 0) is 11.3 Å². The Labute approximate surface area is 87.8 Å². The molecule has 1 atom stereocenters. The number of nitrogens with zero attached hydrogens (tertiary/aromatic N) is 2. The lowest BCUT2D eigenvalue weighted by Gasteiger charge is -2.16. The van der Waals surface area contributed by atoms with Crippen LogP contribution in [0.4, 0.5) is 0 Å². The van der Waals surface area contributed by atoms with Crippen LogP contribution < -0.4 is 5.32 Å². The summed E-state index contributed by atoms with van der Waals surface area (Å²) in [6, 6.07) is 0. The van der Waals surface area contributed by atoms with Gasteiger partial charge in [-0.1, -0.05) is 5.16 Å². The predicted octanol–water partition coefficient (Wildman–Crippen LogP) is 1.53. The third kappa shape index (κ3) is 1.79. The first kappa shape index (κ1) is 9.98. The summed E-state index contributed by atoms with van der Waals surface area (Å²) >= 11 is 1.92. The standard InChI is InChI=1S/C9H15N3OS/c1-9(4-3-5-14-9)8-11-7(6-10-2)13-12-8/h10H,3-6H2,1-2H3/t9-/m0/s1. The minimum Gasteiger partial charge on any atom is -0.338 e. The van der Waals surface area contributed by atoms with Crippen LogP contribution in [0.2, 0.25) is 0 Å². The predicted molar refractivity (Wildman–Crippen MR) is 56.1 cm³/mol. The minimum atomic E-state index is 0.0789. The van der Waals surface area contributed by atoms with Gasteiger partial charge in [0.2, 0.25) is 5.89 Å². The van der Waals surface area contributed by atoms with Gasteiger partial charge < -0.3 is 9.84 Å². The molecule has 2 heterocycles. The topological polar surface area (TPSA) is 51.0 Å². The van der Waals surface area contributed by atoms with Crippen molar-refractivity contribution in [2.24, 2.45) is 0 Å². The van der Waals surface area contributed by atoms with Crippen LogP contribution in [0, 0.1) is 0 Å². The molecule has 0 spiro atoms. The Kier molecular flexibility index (Phi) is 2.78. The summed E-state index contributed by atoms with van der Waals surface area (Å²) in [6.07, 6.45) is 2.40. The number of nitrogens with one attached hydrogen (secondary N) is 1. The van der Waals surface area contributed by atoms with Crippen molar-refractivity contribution in [3.8, 4) is 0 Å². The first-order valence-electron chi connectivity index (χ1n) is 4.86. The average molecular weight is 213 g/mol. The molecule has 14 heavy (non-hydrogen) atoms. The molecule has 0 amide bonds. The molecule has 1 aromatic heterocycles. The molecule has 0 bridgehead atoms. The lowest BCUT2D eigenvalue weighted by atomic mass is 10.1. The van der Waals surface area contributed by atoms with Gasteiger partial charge >= 0.3 is 0 Å². The van der Waals surface area contributed by atoms with Crippen LogP contribution in [0.25, 0.3) is 0 Å². The van der Waals surface area contributed by atoms with E-state index in [9.17, 15) is 0 Å². The fourth-order valence-electron chi connectivity index (χ4n) is 1.65. The average Bonchev–Trinajstić information content (AvgIpc) is 2.75. The quantitative estimate of drug-likeness (QED) is 0.825. The van der Waals surface area contributed by atoms with Crippen LogP contribution in [0.3, 0.4) is 0 Å². The summed E-state index contributed by atoms with van der Waals surface area (Å²) in [4.78, 5) is 4.39. The van der Waals surface area contributed by atoms with Gasteiger partial charge in [0.1, 0.15) is 0 Å². The normalized spacial score (nSPS) is 27.0. The molecule has 1 aliphatic rings. The largest absolute Gasteiger partial charge is 0.338 e. The zero-order chi connectivity index (χ0) is 10.0. The van der Waals surface area contributed by atoms with Crippen LogP contribution in [-0.4, -0.2) is 22.9 Å². The van der Waals surface area contributed by atoms with Crippen molar-refractivity contribution in [2.45, 2.75) is 31.1 Å². The molecule has 2 rings (SSSR count). The SMILES string of the molecule is CNCc1nc([C@]2(C)CCCS2)no1. The van der Waals surface area contributed by atoms with Crippen molar-refractivity contribution in [2.75, 3.05) is 12.8 Å².